The Morgan fingerprint density at radius 2 is 1.80 bits per heavy atom. The van der Waals surface area contributed by atoms with E-state index in [-0.39, 0.29) is 0 Å². The minimum atomic E-state index is 0.667. The van der Waals surface area contributed by atoms with E-state index >= 15 is 0 Å². The van der Waals surface area contributed by atoms with Crippen molar-refractivity contribution in [2.75, 3.05) is 38.1 Å². The molecule has 0 radical (unpaired) electrons. The lowest BCUT2D eigenvalue weighted by atomic mass is 10.3. The van der Waals surface area contributed by atoms with Crippen molar-refractivity contribution < 1.29 is 9.64 Å². The van der Waals surface area contributed by atoms with E-state index in [1.54, 1.807) is 4.90 Å². The number of rotatable bonds is 8. The molecule has 0 bridgehead atoms. The standard InChI is InChI=1S/C15H25N3OS/c1-4-18(5-2)12-11-16-15(20)17-13-7-9-14(10-8-13)19-6-3/h7-10H,4-6,11-12H2,1-3H3,(H2,16,17,20)/p+1. The van der Waals surface area contributed by atoms with Crippen LogP contribution in [0.4, 0.5) is 5.69 Å². The average Bonchev–Trinajstić information content (AvgIpc) is 2.46. The molecule has 1 aromatic carbocycles. The van der Waals surface area contributed by atoms with Crippen molar-refractivity contribution in [3.05, 3.63) is 24.3 Å². The minimum Gasteiger partial charge on any atom is -0.494 e. The molecule has 112 valence electrons. The second-order valence-corrected chi connectivity index (χ2v) is 4.95. The summed E-state index contributed by atoms with van der Waals surface area (Å²) in [5.74, 6) is 0.877. The molecule has 0 atom stereocenters. The van der Waals surface area contributed by atoms with Crippen LogP contribution < -0.4 is 20.3 Å². The molecule has 0 heterocycles. The zero-order chi connectivity index (χ0) is 14.8. The molecule has 4 nitrogen and oxygen atoms in total. The summed E-state index contributed by atoms with van der Waals surface area (Å²) in [5, 5.41) is 7.08. The van der Waals surface area contributed by atoms with Crippen LogP contribution in [0.1, 0.15) is 20.8 Å². The molecule has 3 N–H and O–H groups in total. The van der Waals surface area contributed by atoms with Crippen LogP contribution in [0, 0.1) is 0 Å². The van der Waals surface area contributed by atoms with Gasteiger partial charge in [0.25, 0.3) is 0 Å². The van der Waals surface area contributed by atoms with E-state index in [1.165, 1.54) is 0 Å². The van der Waals surface area contributed by atoms with Gasteiger partial charge in [0, 0.05) is 5.69 Å². The first-order chi connectivity index (χ1) is 9.69. The fourth-order valence-corrected chi connectivity index (χ4v) is 2.15. The van der Waals surface area contributed by atoms with Crippen molar-refractivity contribution in [2.45, 2.75) is 20.8 Å². The first kappa shape index (κ1) is 16.7. The summed E-state index contributed by atoms with van der Waals surface area (Å²) in [6, 6.07) is 7.81. The van der Waals surface area contributed by atoms with E-state index in [4.69, 9.17) is 17.0 Å². The van der Waals surface area contributed by atoms with Crippen LogP contribution in [0.25, 0.3) is 0 Å². The Kier molecular flexibility index (Phi) is 7.99. The van der Waals surface area contributed by atoms with Crippen LogP contribution in [0.2, 0.25) is 0 Å². The van der Waals surface area contributed by atoms with Gasteiger partial charge in [-0.3, -0.25) is 0 Å². The van der Waals surface area contributed by atoms with Crippen molar-refractivity contribution in [1.82, 2.24) is 5.32 Å². The Labute approximate surface area is 127 Å². The van der Waals surface area contributed by atoms with Gasteiger partial charge in [-0.15, -0.1) is 0 Å². The van der Waals surface area contributed by atoms with E-state index < -0.39 is 0 Å². The number of anilines is 1. The Bertz CT molecular complexity index is 391. The van der Waals surface area contributed by atoms with Gasteiger partial charge in [0.2, 0.25) is 0 Å². The molecule has 0 aliphatic heterocycles. The second-order valence-electron chi connectivity index (χ2n) is 4.55. The summed E-state index contributed by atoms with van der Waals surface area (Å²) in [6.07, 6.45) is 0. The summed E-state index contributed by atoms with van der Waals surface area (Å²) in [5.41, 5.74) is 0.973. The molecule has 20 heavy (non-hydrogen) atoms. The molecule has 0 saturated carbocycles. The van der Waals surface area contributed by atoms with Crippen LogP contribution >= 0.6 is 12.2 Å². The van der Waals surface area contributed by atoms with Crippen molar-refractivity contribution in [3.8, 4) is 5.75 Å². The number of hydrogen-bond donors (Lipinski definition) is 3. The highest BCUT2D eigenvalue weighted by molar-refractivity contribution is 7.80. The summed E-state index contributed by atoms with van der Waals surface area (Å²) >= 11 is 5.28. The molecule has 0 aliphatic carbocycles. The number of benzene rings is 1. The maximum atomic E-state index is 5.40. The lowest BCUT2D eigenvalue weighted by Gasteiger charge is -2.16. The Balaban J connectivity index is 2.31. The van der Waals surface area contributed by atoms with Gasteiger partial charge in [-0.2, -0.15) is 0 Å². The van der Waals surface area contributed by atoms with Gasteiger partial charge in [0.05, 0.1) is 32.8 Å². The predicted octanol–water partition coefficient (Wildman–Crippen LogP) is 1.30. The highest BCUT2D eigenvalue weighted by Gasteiger charge is 2.03. The van der Waals surface area contributed by atoms with Crippen LogP contribution in [0.3, 0.4) is 0 Å². The zero-order valence-corrected chi connectivity index (χ0v) is 13.5. The van der Waals surface area contributed by atoms with Crippen LogP contribution in [0.5, 0.6) is 5.75 Å². The van der Waals surface area contributed by atoms with E-state index in [2.05, 4.69) is 24.5 Å². The van der Waals surface area contributed by atoms with Gasteiger partial charge >= 0.3 is 0 Å². The first-order valence-electron chi connectivity index (χ1n) is 7.30. The topological polar surface area (TPSA) is 37.7 Å². The molecular weight excluding hydrogens is 270 g/mol. The number of nitrogens with one attached hydrogen (secondary N) is 3. The van der Waals surface area contributed by atoms with E-state index in [0.29, 0.717) is 11.7 Å². The molecule has 0 saturated heterocycles. The van der Waals surface area contributed by atoms with Gasteiger partial charge in [-0.25, -0.2) is 0 Å². The van der Waals surface area contributed by atoms with Crippen molar-refractivity contribution in [3.63, 3.8) is 0 Å². The summed E-state index contributed by atoms with van der Waals surface area (Å²) < 4.78 is 5.40. The van der Waals surface area contributed by atoms with Gasteiger partial charge in [-0.1, -0.05) is 0 Å². The molecule has 0 amide bonds. The molecule has 0 unspecified atom stereocenters. The number of thiocarbonyl (C=S) groups is 1. The number of likely N-dealkylation sites (N-methyl/N-ethyl adjacent to an activating group) is 1. The normalized spacial score (nSPS) is 10.4. The Morgan fingerprint density at radius 1 is 1.15 bits per heavy atom. The van der Waals surface area contributed by atoms with E-state index in [0.717, 1.165) is 37.6 Å². The molecule has 0 aromatic heterocycles. The van der Waals surface area contributed by atoms with Crippen LogP contribution in [0.15, 0.2) is 24.3 Å². The number of hydrogen-bond acceptors (Lipinski definition) is 2. The predicted molar refractivity (Wildman–Crippen MR) is 88.7 cm³/mol. The van der Waals surface area contributed by atoms with E-state index in [9.17, 15) is 0 Å². The maximum absolute atomic E-state index is 5.40. The maximum Gasteiger partial charge on any atom is 0.170 e. The number of quaternary nitrogens is 1. The fraction of sp³-hybridized carbons (Fsp3) is 0.533. The quantitative estimate of drug-likeness (QED) is 0.632. The Hall–Kier alpha value is -1.33. The molecule has 1 rings (SSSR count). The van der Waals surface area contributed by atoms with Gasteiger partial charge in [0.1, 0.15) is 5.75 Å². The molecule has 1 aromatic rings. The lowest BCUT2D eigenvalue weighted by Crippen LogP contribution is -3.12. The Morgan fingerprint density at radius 3 is 2.35 bits per heavy atom. The highest BCUT2D eigenvalue weighted by atomic mass is 32.1. The number of ether oxygens (including phenoxy) is 1. The van der Waals surface area contributed by atoms with Crippen molar-refractivity contribution >= 4 is 23.0 Å². The fourth-order valence-electron chi connectivity index (χ4n) is 1.93. The smallest absolute Gasteiger partial charge is 0.170 e. The largest absolute Gasteiger partial charge is 0.494 e. The van der Waals surface area contributed by atoms with E-state index in [1.807, 2.05) is 31.2 Å². The third-order valence-electron chi connectivity index (χ3n) is 3.19. The molecule has 0 fully saturated rings. The van der Waals surface area contributed by atoms with Gasteiger partial charge < -0.3 is 20.3 Å². The van der Waals surface area contributed by atoms with Crippen molar-refractivity contribution in [1.29, 1.82) is 0 Å². The van der Waals surface area contributed by atoms with Crippen molar-refractivity contribution in [2.24, 2.45) is 0 Å². The third kappa shape index (κ3) is 6.21. The van der Waals surface area contributed by atoms with Gasteiger partial charge in [0.15, 0.2) is 5.11 Å². The molecular formula is C15H26N3OS+. The average molecular weight is 296 g/mol. The van der Waals surface area contributed by atoms with Crippen LogP contribution in [-0.4, -0.2) is 37.9 Å². The second kappa shape index (κ2) is 9.55. The minimum absolute atomic E-state index is 0.667. The highest BCUT2D eigenvalue weighted by Crippen LogP contribution is 2.15. The SMILES string of the molecule is CCOc1ccc(NC(=S)NCC[NH+](CC)CC)cc1. The van der Waals surface area contributed by atoms with Crippen LogP contribution in [-0.2, 0) is 0 Å². The first-order valence-corrected chi connectivity index (χ1v) is 7.71. The molecule has 5 heteroatoms. The molecule has 0 aliphatic rings. The third-order valence-corrected chi connectivity index (χ3v) is 3.43. The molecule has 0 spiro atoms. The monoisotopic (exact) mass is 296 g/mol. The zero-order valence-electron chi connectivity index (χ0n) is 12.7. The lowest BCUT2D eigenvalue weighted by molar-refractivity contribution is -0.895. The summed E-state index contributed by atoms with van der Waals surface area (Å²) in [4.78, 5) is 1.57. The summed E-state index contributed by atoms with van der Waals surface area (Å²) in [7, 11) is 0. The summed E-state index contributed by atoms with van der Waals surface area (Å²) in [6.45, 7) is 11.3. The van der Waals surface area contributed by atoms with Gasteiger partial charge in [-0.05, 0) is 57.3 Å².